The summed E-state index contributed by atoms with van der Waals surface area (Å²) in [4.78, 5) is 0.419. The van der Waals surface area contributed by atoms with Crippen molar-refractivity contribution in [2.45, 2.75) is 0 Å². The van der Waals surface area contributed by atoms with Crippen molar-refractivity contribution in [2.75, 3.05) is 5.73 Å². The van der Waals surface area contributed by atoms with Crippen molar-refractivity contribution < 1.29 is 4.85 Å². The van der Waals surface area contributed by atoms with Crippen LogP contribution in [-0.4, -0.2) is 5.10 Å². The van der Waals surface area contributed by atoms with E-state index in [1.54, 1.807) is 6.07 Å². The van der Waals surface area contributed by atoms with Gasteiger partial charge >= 0.3 is 5.82 Å². The summed E-state index contributed by atoms with van der Waals surface area (Å²) in [5.74, 6) is 0.146. The molecule has 1 heterocycles. The Morgan fingerprint density at radius 3 is 2.92 bits per heavy atom. The number of hydrogen-bond acceptors (Lipinski definition) is 3. The van der Waals surface area contributed by atoms with E-state index in [1.165, 1.54) is 6.20 Å². The van der Waals surface area contributed by atoms with Crippen LogP contribution in [0.3, 0.4) is 0 Å². The fraction of sp³-hybridized carbons (Fsp3) is 0. The minimum atomic E-state index is 0.146. The second-order valence-corrected chi connectivity index (χ2v) is 2.49. The van der Waals surface area contributed by atoms with Crippen molar-refractivity contribution in [3.05, 3.63) is 35.7 Å². The van der Waals surface area contributed by atoms with E-state index in [2.05, 4.69) is 5.10 Å². The smallest absolute Gasteiger partial charge is 0.304 e. The monoisotopic (exact) mass is 161 g/mol. The Morgan fingerprint density at radius 1 is 1.33 bits per heavy atom. The molecule has 0 atom stereocenters. The predicted molar refractivity (Wildman–Crippen MR) is 45.1 cm³/mol. The first-order valence-electron chi connectivity index (χ1n) is 3.52. The molecule has 0 amide bonds. The summed E-state index contributed by atoms with van der Waals surface area (Å²) < 4.78 is 0. The van der Waals surface area contributed by atoms with Gasteiger partial charge in [0, 0.05) is 5.39 Å². The Balaban J connectivity index is 2.91. The van der Waals surface area contributed by atoms with Gasteiger partial charge in [0.15, 0.2) is 0 Å². The first-order chi connectivity index (χ1) is 5.79. The van der Waals surface area contributed by atoms with Crippen LogP contribution in [0, 0.1) is 5.21 Å². The average Bonchev–Trinajstić information content (AvgIpc) is 2.12. The highest BCUT2D eigenvalue weighted by atomic mass is 16.5. The van der Waals surface area contributed by atoms with E-state index in [0.717, 1.165) is 10.8 Å². The molecule has 0 aliphatic rings. The number of nitrogen functional groups attached to an aromatic ring is 1. The van der Waals surface area contributed by atoms with Crippen LogP contribution in [0.25, 0.3) is 10.8 Å². The molecule has 0 bridgehead atoms. The number of fused-ring (bicyclic) bond motifs is 1. The average molecular weight is 161 g/mol. The third-order valence-electron chi connectivity index (χ3n) is 1.74. The van der Waals surface area contributed by atoms with Crippen LogP contribution in [0.15, 0.2) is 30.5 Å². The Labute approximate surface area is 68.8 Å². The first-order valence-corrected chi connectivity index (χ1v) is 3.52. The predicted octanol–water partition coefficient (Wildman–Crippen LogP) is 0.450. The van der Waals surface area contributed by atoms with Crippen LogP contribution in [0.4, 0.5) is 5.82 Å². The molecule has 0 spiro atoms. The van der Waals surface area contributed by atoms with Gasteiger partial charge in [0.1, 0.15) is 0 Å². The molecule has 1 aromatic heterocycles. The fourth-order valence-corrected chi connectivity index (χ4v) is 1.12. The Bertz CT molecular complexity index is 428. The Kier molecular flexibility index (Phi) is 1.33. The maximum Gasteiger partial charge on any atom is 0.304 e. The van der Waals surface area contributed by atoms with Crippen LogP contribution in [0.5, 0.6) is 0 Å². The number of anilines is 1. The lowest BCUT2D eigenvalue weighted by Gasteiger charge is -2.03. The zero-order valence-corrected chi connectivity index (χ0v) is 6.27. The van der Waals surface area contributed by atoms with Crippen molar-refractivity contribution in [1.82, 2.24) is 5.10 Å². The number of nitrogens with zero attached hydrogens (tertiary/aromatic N) is 2. The molecular weight excluding hydrogens is 154 g/mol. The topological polar surface area (TPSA) is 65.8 Å². The van der Waals surface area contributed by atoms with E-state index in [9.17, 15) is 5.21 Å². The minimum Gasteiger partial charge on any atom is -0.691 e. The number of rotatable bonds is 0. The molecule has 1 aromatic carbocycles. The number of hydrogen-bond donors (Lipinski definition) is 1. The summed E-state index contributed by atoms with van der Waals surface area (Å²) in [6.07, 6.45) is 1.50. The second kappa shape index (κ2) is 2.34. The van der Waals surface area contributed by atoms with Gasteiger partial charge in [0.2, 0.25) is 0 Å². The summed E-state index contributed by atoms with van der Waals surface area (Å²) in [7, 11) is 0. The SMILES string of the molecule is Nc1c2ccccc2cn[n+]1[O-]. The highest BCUT2D eigenvalue weighted by molar-refractivity contribution is 5.88. The maximum atomic E-state index is 10.9. The molecule has 12 heavy (non-hydrogen) atoms. The van der Waals surface area contributed by atoms with Crippen molar-refractivity contribution in [1.29, 1.82) is 0 Å². The summed E-state index contributed by atoms with van der Waals surface area (Å²) in [5, 5.41) is 16.1. The van der Waals surface area contributed by atoms with Crippen molar-refractivity contribution in [2.24, 2.45) is 0 Å². The summed E-state index contributed by atoms with van der Waals surface area (Å²) >= 11 is 0. The summed E-state index contributed by atoms with van der Waals surface area (Å²) in [6.45, 7) is 0. The zero-order valence-electron chi connectivity index (χ0n) is 6.27. The molecule has 0 unspecified atom stereocenters. The molecule has 4 heteroatoms. The van der Waals surface area contributed by atoms with Crippen LogP contribution < -0.4 is 10.6 Å². The van der Waals surface area contributed by atoms with E-state index < -0.39 is 0 Å². The molecule has 0 fully saturated rings. The van der Waals surface area contributed by atoms with Crippen LogP contribution >= 0.6 is 0 Å². The fourth-order valence-electron chi connectivity index (χ4n) is 1.12. The van der Waals surface area contributed by atoms with Gasteiger partial charge in [-0.25, -0.2) is 0 Å². The van der Waals surface area contributed by atoms with Gasteiger partial charge in [-0.15, -0.1) is 4.85 Å². The van der Waals surface area contributed by atoms with Gasteiger partial charge in [-0.05, 0) is 6.07 Å². The quantitative estimate of drug-likeness (QED) is 0.450. The first kappa shape index (κ1) is 6.84. The van der Waals surface area contributed by atoms with E-state index in [4.69, 9.17) is 5.73 Å². The van der Waals surface area contributed by atoms with Gasteiger partial charge in [0.25, 0.3) is 0 Å². The minimum absolute atomic E-state index is 0.146. The zero-order chi connectivity index (χ0) is 8.55. The summed E-state index contributed by atoms with van der Waals surface area (Å²) in [5.41, 5.74) is 5.51. The normalized spacial score (nSPS) is 10.3. The summed E-state index contributed by atoms with van der Waals surface area (Å²) in [6, 6.07) is 7.36. The molecule has 2 rings (SSSR count). The molecule has 0 saturated heterocycles. The molecule has 0 radical (unpaired) electrons. The molecule has 2 N–H and O–H groups in total. The van der Waals surface area contributed by atoms with Gasteiger partial charge < -0.3 is 5.21 Å². The van der Waals surface area contributed by atoms with Crippen molar-refractivity contribution in [3.63, 3.8) is 0 Å². The van der Waals surface area contributed by atoms with Gasteiger partial charge in [-0.1, -0.05) is 23.3 Å². The molecule has 0 aliphatic heterocycles. The molecular formula is C8H7N3O. The molecule has 0 saturated carbocycles. The van der Waals surface area contributed by atoms with Crippen LogP contribution in [-0.2, 0) is 0 Å². The highest BCUT2D eigenvalue weighted by Crippen LogP contribution is 2.14. The number of aromatic nitrogens is 2. The van der Waals surface area contributed by atoms with E-state index in [1.807, 2.05) is 18.2 Å². The lowest BCUT2D eigenvalue weighted by molar-refractivity contribution is -0.653. The Hall–Kier alpha value is -1.84. The van der Waals surface area contributed by atoms with Crippen LogP contribution in [0.2, 0.25) is 0 Å². The van der Waals surface area contributed by atoms with E-state index >= 15 is 0 Å². The van der Waals surface area contributed by atoms with Gasteiger partial charge in [-0.2, -0.15) is 0 Å². The number of benzene rings is 1. The molecule has 0 aliphatic carbocycles. The van der Waals surface area contributed by atoms with Crippen LogP contribution in [0.1, 0.15) is 0 Å². The van der Waals surface area contributed by atoms with Gasteiger partial charge in [0.05, 0.1) is 11.6 Å². The lowest BCUT2D eigenvalue weighted by atomic mass is 10.2. The number of nitrogens with two attached hydrogens (primary N) is 1. The second-order valence-electron chi connectivity index (χ2n) is 2.49. The largest absolute Gasteiger partial charge is 0.691 e. The van der Waals surface area contributed by atoms with Crippen molar-refractivity contribution >= 4 is 16.6 Å². The van der Waals surface area contributed by atoms with Gasteiger partial charge in [-0.3, -0.25) is 5.73 Å². The molecule has 4 nitrogen and oxygen atoms in total. The standard InChI is InChI=1S/C8H7N3O/c9-8-7-4-2-1-3-6(7)5-10-11(8)12/h1-5H,9H2. The maximum absolute atomic E-state index is 10.9. The Morgan fingerprint density at radius 2 is 2.08 bits per heavy atom. The van der Waals surface area contributed by atoms with E-state index in [0.29, 0.717) is 4.85 Å². The molecule has 2 aromatic rings. The highest BCUT2D eigenvalue weighted by Gasteiger charge is 2.04. The lowest BCUT2D eigenvalue weighted by Crippen LogP contribution is -2.34. The van der Waals surface area contributed by atoms with Crippen molar-refractivity contribution in [3.8, 4) is 0 Å². The van der Waals surface area contributed by atoms with E-state index in [-0.39, 0.29) is 5.82 Å². The third-order valence-corrected chi connectivity index (χ3v) is 1.74. The molecule has 60 valence electrons. The third kappa shape index (κ3) is 0.852.